The first-order chi connectivity index (χ1) is 13.5. The zero-order valence-electron chi connectivity index (χ0n) is 15.6. The van der Waals surface area contributed by atoms with Gasteiger partial charge in [0, 0.05) is 21.0 Å². The predicted octanol–water partition coefficient (Wildman–Crippen LogP) is 6.17. The zero-order chi connectivity index (χ0) is 20.1. The summed E-state index contributed by atoms with van der Waals surface area (Å²) in [6.45, 7) is 4.13. The molecule has 0 aliphatic carbocycles. The fourth-order valence-corrected chi connectivity index (χ4v) is 3.98. The van der Waals surface area contributed by atoms with Crippen molar-refractivity contribution in [1.82, 2.24) is 0 Å². The normalized spacial score (nSPS) is 10.5. The first kappa shape index (κ1) is 20.3. The van der Waals surface area contributed by atoms with Crippen LogP contribution in [0.15, 0.2) is 58.4 Å². The van der Waals surface area contributed by atoms with E-state index in [4.69, 9.17) is 4.74 Å². The standard InChI is InChI=1S/C22H20BrNO3S/c1-3-14-5-7-15(8-6-14)18-13-28-21(19(18)22(26)27-4-2)24-20(25)16-9-11-17(23)12-10-16/h5-13H,3-4H2,1-2H3,(H,24,25). The lowest BCUT2D eigenvalue weighted by atomic mass is 10.0. The third kappa shape index (κ3) is 4.51. The summed E-state index contributed by atoms with van der Waals surface area (Å²) < 4.78 is 6.14. The molecular formula is C22H20BrNO3S. The van der Waals surface area contributed by atoms with Crippen molar-refractivity contribution in [3.63, 3.8) is 0 Å². The molecular weight excluding hydrogens is 438 g/mol. The van der Waals surface area contributed by atoms with Gasteiger partial charge in [-0.05, 0) is 48.7 Å². The third-order valence-electron chi connectivity index (χ3n) is 4.28. The second kappa shape index (κ2) is 9.17. The van der Waals surface area contributed by atoms with Crippen molar-refractivity contribution in [3.8, 4) is 11.1 Å². The second-order valence-corrected chi connectivity index (χ2v) is 7.88. The Labute approximate surface area is 176 Å². The smallest absolute Gasteiger partial charge is 0.341 e. The summed E-state index contributed by atoms with van der Waals surface area (Å²) in [5, 5.41) is 5.23. The summed E-state index contributed by atoms with van der Waals surface area (Å²) in [6.07, 6.45) is 0.948. The molecule has 0 bridgehead atoms. The second-order valence-electron chi connectivity index (χ2n) is 6.09. The predicted molar refractivity (Wildman–Crippen MR) is 117 cm³/mol. The van der Waals surface area contributed by atoms with Gasteiger partial charge in [0.2, 0.25) is 0 Å². The number of nitrogens with one attached hydrogen (secondary N) is 1. The molecule has 0 radical (unpaired) electrons. The number of benzene rings is 2. The van der Waals surface area contributed by atoms with Crippen molar-refractivity contribution in [2.45, 2.75) is 20.3 Å². The highest BCUT2D eigenvalue weighted by molar-refractivity contribution is 9.10. The van der Waals surface area contributed by atoms with Crippen LogP contribution in [0.3, 0.4) is 0 Å². The number of halogens is 1. The Bertz CT molecular complexity index is 978. The van der Waals surface area contributed by atoms with Crippen LogP contribution in [0.25, 0.3) is 11.1 Å². The molecule has 6 heteroatoms. The van der Waals surface area contributed by atoms with Crippen LogP contribution in [0, 0.1) is 0 Å². The molecule has 0 saturated carbocycles. The zero-order valence-corrected chi connectivity index (χ0v) is 18.0. The lowest BCUT2D eigenvalue weighted by Gasteiger charge is -2.09. The maximum atomic E-state index is 12.6. The SMILES string of the molecule is CCOC(=O)c1c(-c2ccc(CC)cc2)csc1NC(=O)c1ccc(Br)cc1. The Balaban J connectivity index is 1.96. The minimum atomic E-state index is -0.440. The molecule has 0 atom stereocenters. The summed E-state index contributed by atoms with van der Waals surface area (Å²) in [5.74, 6) is -0.711. The molecule has 28 heavy (non-hydrogen) atoms. The largest absolute Gasteiger partial charge is 0.462 e. The Kier molecular flexibility index (Phi) is 6.65. The van der Waals surface area contributed by atoms with E-state index in [1.807, 2.05) is 29.6 Å². The summed E-state index contributed by atoms with van der Waals surface area (Å²) in [5.41, 5.74) is 3.81. The van der Waals surface area contributed by atoms with E-state index in [1.165, 1.54) is 16.9 Å². The molecule has 0 unspecified atom stereocenters. The highest BCUT2D eigenvalue weighted by Crippen LogP contribution is 2.36. The fourth-order valence-electron chi connectivity index (χ4n) is 2.76. The van der Waals surface area contributed by atoms with Gasteiger partial charge in [-0.1, -0.05) is 47.1 Å². The Morgan fingerprint density at radius 3 is 2.32 bits per heavy atom. The number of carbonyl (C=O) groups is 2. The minimum absolute atomic E-state index is 0.267. The average molecular weight is 458 g/mol. The maximum absolute atomic E-state index is 12.6. The van der Waals surface area contributed by atoms with Gasteiger partial charge in [-0.2, -0.15) is 0 Å². The highest BCUT2D eigenvalue weighted by Gasteiger charge is 2.23. The van der Waals surface area contributed by atoms with Crippen molar-refractivity contribution in [2.24, 2.45) is 0 Å². The van der Waals surface area contributed by atoms with Crippen molar-refractivity contribution in [3.05, 3.63) is 75.1 Å². The van der Waals surface area contributed by atoms with Gasteiger partial charge < -0.3 is 10.1 Å². The van der Waals surface area contributed by atoms with Gasteiger partial charge in [0.25, 0.3) is 5.91 Å². The van der Waals surface area contributed by atoms with E-state index in [0.717, 1.165) is 22.0 Å². The molecule has 144 valence electrons. The van der Waals surface area contributed by atoms with Crippen LogP contribution >= 0.6 is 27.3 Å². The number of amides is 1. The van der Waals surface area contributed by atoms with Crippen LogP contribution in [0.2, 0.25) is 0 Å². The van der Waals surface area contributed by atoms with Crippen molar-refractivity contribution in [2.75, 3.05) is 11.9 Å². The monoisotopic (exact) mass is 457 g/mol. The molecule has 1 aromatic heterocycles. The molecule has 2 aromatic carbocycles. The number of ether oxygens (including phenoxy) is 1. The fraction of sp³-hybridized carbons (Fsp3) is 0.182. The van der Waals surface area contributed by atoms with Crippen LogP contribution < -0.4 is 5.32 Å². The molecule has 0 fully saturated rings. The van der Waals surface area contributed by atoms with Crippen LogP contribution in [-0.4, -0.2) is 18.5 Å². The summed E-state index contributed by atoms with van der Waals surface area (Å²) in [6, 6.07) is 15.1. The van der Waals surface area contributed by atoms with Crippen LogP contribution in [-0.2, 0) is 11.2 Å². The van der Waals surface area contributed by atoms with E-state index in [1.54, 1.807) is 31.2 Å². The molecule has 0 saturated heterocycles. The Morgan fingerprint density at radius 1 is 1.04 bits per heavy atom. The molecule has 0 aliphatic rings. The van der Waals surface area contributed by atoms with Gasteiger partial charge in [0.1, 0.15) is 10.6 Å². The molecule has 4 nitrogen and oxygen atoms in total. The van der Waals surface area contributed by atoms with Crippen LogP contribution in [0.4, 0.5) is 5.00 Å². The maximum Gasteiger partial charge on any atom is 0.341 e. The molecule has 1 heterocycles. The van der Waals surface area contributed by atoms with Gasteiger partial charge in [0.15, 0.2) is 0 Å². The average Bonchev–Trinajstić information content (AvgIpc) is 3.12. The molecule has 1 amide bonds. The number of hydrogen-bond acceptors (Lipinski definition) is 4. The number of anilines is 1. The Morgan fingerprint density at radius 2 is 1.71 bits per heavy atom. The minimum Gasteiger partial charge on any atom is -0.462 e. The van der Waals surface area contributed by atoms with Gasteiger partial charge in [-0.3, -0.25) is 4.79 Å². The van der Waals surface area contributed by atoms with E-state index < -0.39 is 5.97 Å². The summed E-state index contributed by atoms with van der Waals surface area (Å²) in [7, 11) is 0. The number of rotatable bonds is 6. The van der Waals surface area contributed by atoms with E-state index in [0.29, 0.717) is 16.1 Å². The number of carbonyl (C=O) groups excluding carboxylic acids is 2. The first-order valence-corrected chi connectivity index (χ1v) is 10.7. The highest BCUT2D eigenvalue weighted by atomic mass is 79.9. The van der Waals surface area contributed by atoms with Crippen LogP contribution in [0.1, 0.15) is 40.1 Å². The third-order valence-corrected chi connectivity index (χ3v) is 5.70. The van der Waals surface area contributed by atoms with Crippen molar-refractivity contribution >= 4 is 44.1 Å². The Hall–Kier alpha value is -2.44. The molecule has 1 N–H and O–H groups in total. The number of esters is 1. The number of aryl methyl sites for hydroxylation is 1. The van der Waals surface area contributed by atoms with Gasteiger partial charge in [-0.25, -0.2) is 4.79 Å². The summed E-state index contributed by atoms with van der Waals surface area (Å²) in [4.78, 5) is 25.2. The molecule has 0 aliphatic heterocycles. The van der Waals surface area contributed by atoms with E-state index >= 15 is 0 Å². The number of hydrogen-bond donors (Lipinski definition) is 1. The molecule has 3 rings (SSSR count). The lowest BCUT2D eigenvalue weighted by molar-refractivity contribution is 0.0529. The van der Waals surface area contributed by atoms with Gasteiger partial charge in [-0.15, -0.1) is 11.3 Å². The van der Waals surface area contributed by atoms with Crippen LogP contribution in [0.5, 0.6) is 0 Å². The van der Waals surface area contributed by atoms with Gasteiger partial charge in [0.05, 0.1) is 6.61 Å². The van der Waals surface area contributed by atoms with Crippen molar-refractivity contribution in [1.29, 1.82) is 0 Å². The van der Waals surface area contributed by atoms with E-state index in [2.05, 4.69) is 28.2 Å². The van der Waals surface area contributed by atoms with Crippen molar-refractivity contribution < 1.29 is 14.3 Å². The van der Waals surface area contributed by atoms with Gasteiger partial charge >= 0.3 is 5.97 Å². The lowest BCUT2D eigenvalue weighted by Crippen LogP contribution is -2.14. The molecule has 0 spiro atoms. The first-order valence-electron chi connectivity index (χ1n) is 8.98. The summed E-state index contributed by atoms with van der Waals surface area (Å²) >= 11 is 4.68. The topological polar surface area (TPSA) is 55.4 Å². The molecule has 3 aromatic rings. The van der Waals surface area contributed by atoms with E-state index in [-0.39, 0.29) is 12.5 Å². The quantitative estimate of drug-likeness (QED) is 0.450. The van der Waals surface area contributed by atoms with E-state index in [9.17, 15) is 9.59 Å². The number of thiophene rings is 1.